The lowest BCUT2D eigenvalue weighted by atomic mass is 9.94. The van der Waals surface area contributed by atoms with Crippen LogP contribution in [0.3, 0.4) is 0 Å². The first-order valence-electron chi connectivity index (χ1n) is 7.92. The van der Waals surface area contributed by atoms with Crippen LogP contribution in [0.25, 0.3) is 12.2 Å². The highest BCUT2D eigenvalue weighted by Crippen LogP contribution is 2.22. The molecule has 1 amide bonds. The molecular weight excluding hydrogens is 362 g/mol. The van der Waals surface area contributed by atoms with Gasteiger partial charge >= 0.3 is 0 Å². The highest BCUT2D eigenvalue weighted by Gasteiger charge is 2.25. The van der Waals surface area contributed by atoms with Crippen LogP contribution in [0.4, 0.5) is 17.6 Å². The number of benzene rings is 2. The number of halogens is 4. The molecule has 3 nitrogen and oxygen atoms in total. The van der Waals surface area contributed by atoms with Crippen LogP contribution in [0.15, 0.2) is 47.5 Å². The zero-order chi connectivity index (χ0) is 19.6. The lowest BCUT2D eigenvalue weighted by Crippen LogP contribution is -2.36. The molecule has 2 aromatic rings. The van der Waals surface area contributed by atoms with E-state index in [1.165, 1.54) is 29.2 Å². The van der Waals surface area contributed by atoms with E-state index in [9.17, 15) is 27.2 Å². The number of hydrogen-bond acceptors (Lipinski definition) is 2. The summed E-state index contributed by atoms with van der Waals surface area (Å²) in [4.78, 5) is 25.2. The van der Waals surface area contributed by atoms with Gasteiger partial charge in [0.25, 0.3) is 0 Å². The van der Waals surface area contributed by atoms with Crippen LogP contribution in [-0.4, -0.2) is 30.2 Å². The summed E-state index contributed by atoms with van der Waals surface area (Å²) < 4.78 is 52.9. The minimum Gasteiger partial charge on any atom is -0.336 e. The number of amides is 1. The fourth-order valence-electron chi connectivity index (χ4n) is 2.75. The van der Waals surface area contributed by atoms with Crippen LogP contribution >= 0.6 is 0 Å². The smallest absolute Gasteiger partial charge is 0.210 e. The van der Waals surface area contributed by atoms with Crippen LogP contribution in [0, 0.1) is 23.3 Å². The van der Waals surface area contributed by atoms with Crippen molar-refractivity contribution in [1.82, 2.24) is 4.90 Å². The summed E-state index contributed by atoms with van der Waals surface area (Å²) in [5.41, 5.74) is 0.899. The topological polar surface area (TPSA) is 37.4 Å². The fourth-order valence-corrected chi connectivity index (χ4v) is 2.75. The van der Waals surface area contributed by atoms with E-state index in [0.29, 0.717) is 6.41 Å². The van der Waals surface area contributed by atoms with Gasteiger partial charge in [-0.3, -0.25) is 9.59 Å². The second-order valence-electron chi connectivity index (χ2n) is 6.03. The van der Waals surface area contributed by atoms with Crippen LogP contribution in [0.2, 0.25) is 0 Å². The van der Waals surface area contributed by atoms with Crippen molar-refractivity contribution in [2.24, 2.45) is 0 Å². The molecule has 0 bridgehead atoms. The van der Waals surface area contributed by atoms with Gasteiger partial charge in [0.1, 0.15) is 0 Å². The van der Waals surface area contributed by atoms with Crippen molar-refractivity contribution in [3.05, 3.63) is 81.9 Å². The van der Waals surface area contributed by atoms with Crippen LogP contribution in [0.1, 0.15) is 11.1 Å². The molecule has 2 aromatic carbocycles. The fraction of sp³-hybridized carbons (Fsp3) is 0.100. The molecule has 0 aliphatic carbocycles. The van der Waals surface area contributed by atoms with Crippen molar-refractivity contribution in [2.75, 3.05) is 13.1 Å². The standard InChI is InChI=1S/C20H13F4NO2/c21-16-3-1-12(7-18(16)23)5-14-9-25(11-26)10-15(20(14)27)6-13-2-4-17(22)19(24)8-13/h1-8,11H,9-10H2/b14-5+,15-6+. The number of piperidine rings is 1. The number of likely N-dealkylation sites (tertiary alicyclic amines) is 1. The SMILES string of the molecule is O=CN1C/C(=C\c2ccc(F)c(F)c2)C(=O)/C(=C/c2ccc(F)c(F)c2)C1. The lowest BCUT2D eigenvalue weighted by molar-refractivity contribution is -0.119. The molecule has 0 spiro atoms. The third kappa shape index (κ3) is 4.13. The van der Waals surface area contributed by atoms with Gasteiger partial charge in [0.05, 0.1) is 0 Å². The second kappa shape index (κ2) is 7.57. The Labute approximate surface area is 152 Å². The highest BCUT2D eigenvalue weighted by molar-refractivity contribution is 6.15. The molecule has 7 heteroatoms. The van der Waals surface area contributed by atoms with Crippen LogP contribution in [0.5, 0.6) is 0 Å². The Balaban J connectivity index is 1.98. The number of Topliss-reactive ketones (excluding diaryl/α,β-unsaturated/α-hetero) is 1. The summed E-state index contributed by atoms with van der Waals surface area (Å²) in [5.74, 6) is -4.56. The average Bonchev–Trinajstić information content (AvgIpc) is 2.64. The molecule has 0 N–H and O–H groups in total. The Bertz CT molecular complexity index is 908. The molecule has 0 radical (unpaired) electrons. The molecule has 3 rings (SSSR count). The van der Waals surface area contributed by atoms with Crippen molar-refractivity contribution >= 4 is 24.3 Å². The summed E-state index contributed by atoms with van der Waals surface area (Å²) in [7, 11) is 0. The molecule has 138 valence electrons. The maximum absolute atomic E-state index is 13.4. The quantitative estimate of drug-likeness (QED) is 0.466. The number of carbonyl (C=O) groups excluding carboxylic acids is 2. The lowest BCUT2D eigenvalue weighted by Gasteiger charge is -2.26. The minimum atomic E-state index is -1.06. The Hall–Kier alpha value is -3.22. The van der Waals surface area contributed by atoms with E-state index in [1.807, 2.05) is 0 Å². The van der Waals surface area contributed by atoms with Gasteiger partial charge in [-0.1, -0.05) is 12.1 Å². The van der Waals surface area contributed by atoms with Crippen molar-refractivity contribution in [1.29, 1.82) is 0 Å². The molecule has 0 saturated carbocycles. The zero-order valence-corrected chi connectivity index (χ0v) is 13.9. The summed E-state index contributed by atoms with van der Waals surface area (Å²) >= 11 is 0. The van der Waals surface area contributed by atoms with Crippen LogP contribution < -0.4 is 0 Å². The van der Waals surface area contributed by atoms with Gasteiger partial charge < -0.3 is 4.90 Å². The Morgan fingerprint density at radius 2 is 1.19 bits per heavy atom. The van der Waals surface area contributed by atoms with Crippen molar-refractivity contribution < 1.29 is 27.2 Å². The normalized spacial score (nSPS) is 17.6. The molecule has 27 heavy (non-hydrogen) atoms. The first-order valence-corrected chi connectivity index (χ1v) is 7.92. The highest BCUT2D eigenvalue weighted by atomic mass is 19.2. The van der Waals surface area contributed by atoms with Gasteiger partial charge in [-0.2, -0.15) is 0 Å². The van der Waals surface area contributed by atoms with Gasteiger partial charge in [0.15, 0.2) is 29.1 Å². The maximum atomic E-state index is 13.4. The van der Waals surface area contributed by atoms with Gasteiger partial charge in [0, 0.05) is 24.2 Å². The second-order valence-corrected chi connectivity index (χ2v) is 6.03. The van der Waals surface area contributed by atoms with E-state index < -0.39 is 29.1 Å². The van der Waals surface area contributed by atoms with Gasteiger partial charge in [-0.05, 0) is 47.5 Å². The predicted molar refractivity (Wildman–Crippen MR) is 91.3 cm³/mol. The van der Waals surface area contributed by atoms with Gasteiger partial charge in [0.2, 0.25) is 6.41 Å². The first-order chi connectivity index (χ1) is 12.9. The van der Waals surface area contributed by atoms with Crippen molar-refractivity contribution in [2.45, 2.75) is 0 Å². The summed E-state index contributed by atoms with van der Waals surface area (Å²) in [5, 5.41) is 0. The zero-order valence-electron chi connectivity index (χ0n) is 13.9. The van der Waals surface area contributed by atoms with E-state index >= 15 is 0 Å². The van der Waals surface area contributed by atoms with Crippen molar-refractivity contribution in [3.63, 3.8) is 0 Å². The molecule has 1 heterocycles. The Kier molecular flexibility index (Phi) is 5.21. The molecule has 0 atom stereocenters. The Morgan fingerprint density at radius 1 is 0.741 bits per heavy atom. The van der Waals surface area contributed by atoms with Crippen LogP contribution in [-0.2, 0) is 9.59 Å². The van der Waals surface area contributed by atoms with E-state index in [0.717, 1.165) is 24.3 Å². The number of carbonyl (C=O) groups is 2. The van der Waals surface area contributed by atoms with E-state index in [2.05, 4.69) is 0 Å². The maximum Gasteiger partial charge on any atom is 0.210 e. The monoisotopic (exact) mass is 375 g/mol. The van der Waals surface area contributed by atoms with Gasteiger partial charge in [-0.25, -0.2) is 17.6 Å². The summed E-state index contributed by atoms with van der Waals surface area (Å²) in [6.45, 7) is -0.00705. The minimum absolute atomic E-state index is 0.00352. The van der Waals surface area contributed by atoms with Gasteiger partial charge in [-0.15, -0.1) is 0 Å². The number of hydrogen-bond donors (Lipinski definition) is 0. The molecule has 1 saturated heterocycles. The third-order valence-electron chi connectivity index (χ3n) is 4.05. The van der Waals surface area contributed by atoms with E-state index in [4.69, 9.17) is 0 Å². The molecule has 1 fully saturated rings. The number of rotatable bonds is 3. The van der Waals surface area contributed by atoms with E-state index in [1.54, 1.807) is 0 Å². The third-order valence-corrected chi connectivity index (χ3v) is 4.05. The first kappa shape index (κ1) is 18.6. The summed E-state index contributed by atoms with van der Waals surface area (Å²) in [6, 6.07) is 6.35. The number of nitrogens with zero attached hydrogens (tertiary/aromatic N) is 1. The largest absolute Gasteiger partial charge is 0.336 e. The summed E-state index contributed by atoms with van der Waals surface area (Å²) in [6.07, 6.45) is 3.27. The van der Waals surface area contributed by atoms with E-state index in [-0.39, 0.29) is 35.4 Å². The molecular formula is C20H13F4NO2. The van der Waals surface area contributed by atoms with Crippen molar-refractivity contribution in [3.8, 4) is 0 Å². The molecule has 1 aliphatic rings. The molecule has 1 aliphatic heterocycles. The number of ketones is 1. The molecule has 0 unspecified atom stereocenters. The predicted octanol–water partition coefficient (Wildman–Crippen LogP) is 3.75. The Morgan fingerprint density at radius 3 is 1.56 bits per heavy atom. The molecule has 0 aromatic heterocycles. The average molecular weight is 375 g/mol.